The predicted molar refractivity (Wildman–Crippen MR) is 126 cm³/mol. The topological polar surface area (TPSA) is 83.1 Å². The molecule has 0 amide bonds. The number of aliphatic hydroxyl groups excluding tert-OH is 1. The molecule has 4 N–H and O–H groups in total. The molecular weight excluding hydrogens is 524 g/mol. The molecule has 1 heterocycles. The minimum absolute atomic E-state index is 0. The number of ether oxygens (including phenoxy) is 1. The van der Waals surface area contributed by atoms with Gasteiger partial charge in [-0.15, -0.1) is 37.1 Å². The molecule has 2 aromatic carbocycles. The molecule has 2 aromatic rings. The number of nitrogens with two attached hydrogens (primary N) is 1. The van der Waals surface area contributed by atoms with Crippen LogP contribution in [0.5, 0.6) is 5.75 Å². The number of nitrogens with one attached hydrogen (secondary N) is 1. The Morgan fingerprint density at radius 2 is 1.77 bits per heavy atom. The van der Waals surface area contributed by atoms with Crippen molar-refractivity contribution in [2.75, 3.05) is 29.9 Å². The summed E-state index contributed by atoms with van der Waals surface area (Å²) in [7, 11) is 0. The van der Waals surface area contributed by atoms with E-state index in [1.54, 1.807) is 6.07 Å². The lowest BCUT2D eigenvalue weighted by Gasteiger charge is -2.32. The van der Waals surface area contributed by atoms with Gasteiger partial charge in [0, 0.05) is 25.4 Å². The van der Waals surface area contributed by atoms with Crippen LogP contribution in [0, 0.1) is 5.92 Å². The van der Waals surface area contributed by atoms with Crippen molar-refractivity contribution in [1.29, 1.82) is 0 Å². The molecule has 0 atom stereocenters. The first kappa shape index (κ1) is 25.1. The van der Waals surface area contributed by atoms with Gasteiger partial charge in [0.05, 0.1) is 12.2 Å². The number of guanidine groups is 1. The highest BCUT2D eigenvalue weighted by Gasteiger charge is 2.32. The maximum Gasteiger partial charge on any atom is 0.573 e. The van der Waals surface area contributed by atoms with Gasteiger partial charge in [-0.2, -0.15) is 0 Å². The lowest BCUT2D eigenvalue weighted by atomic mass is 9.97. The van der Waals surface area contributed by atoms with E-state index in [1.807, 2.05) is 24.3 Å². The number of hydrogen-bond acceptors (Lipinski definition) is 4. The van der Waals surface area contributed by atoms with Gasteiger partial charge in [0.15, 0.2) is 11.7 Å². The number of halogens is 4. The molecule has 0 saturated carbocycles. The summed E-state index contributed by atoms with van der Waals surface area (Å²) in [6.07, 6.45) is -2.84. The molecule has 0 unspecified atom stereocenters. The van der Waals surface area contributed by atoms with Crippen molar-refractivity contribution in [3.63, 3.8) is 0 Å². The molecule has 0 aromatic heterocycles. The molecule has 1 saturated heterocycles. The molecule has 3 rings (SSSR count). The number of nitrogens with zero attached hydrogens (tertiary/aromatic N) is 2. The second-order valence-electron chi connectivity index (χ2n) is 7.15. The number of hydrogen-bond donors (Lipinski definition) is 3. The minimum atomic E-state index is -4.79. The average Bonchev–Trinajstić information content (AvgIpc) is 2.73. The lowest BCUT2D eigenvalue weighted by Crippen LogP contribution is -2.34. The van der Waals surface area contributed by atoms with Crippen LogP contribution in [0.25, 0.3) is 0 Å². The van der Waals surface area contributed by atoms with Crippen molar-refractivity contribution < 1.29 is 23.0 Å². The first-order valence-corrected chi connectivity index (χ1v) is 9.70. The maximum absolute atomic E-state index is 12.5. The third-order valence-corrected chi connectivity index (χ3v) is 4.98. The van der Waals surface area contributed by atoms with Crippen molar-refractivity contribution in [1.82, 2.24) is 0 Å². The number of alkyl halides is 3. The molecule has 10 heteroatoms. The number of piperidine rings is 1. The first-order valence-electron chi connectivity index (χ1n) is 9.70. The summed E-state index contributed by atoms with van der Waals surface area (Å²) in [6, 6.07) is 13.6. The van der Waals surface area contributed by atoms with Crippen molar-refractivity contribution in [2.24, 2.45) is 16.6 Å². The normalized spacial score (nSPS) is 15.4. The van der Waals surface area contributed by atoms with Gasteiger partial charge in [-0.1, -0.05) is 24.3 Å². The summed E-state index contributed by atoms with van der Waals surface area (Å²) < 4.78 is 41.5. The van der Waals surface area contributed by atoms with Gasteiger partial charge in [-0.25, -0.2) is 4.99 Å². The second-order valence-corrected chi connectivity index (χ2v) is 7.15. The van der Waals surface area contributed by atoms with E-state index < -0.39 is 6.36 Å². The van der Waals surface area contributed by atoms with E-state index in [0.29, 0.717) is 5.92 Å². The summed E-state index contributed by atoms with van der Waals surface area (Å²) in [5, 5.41) is 11.9. The number of anilines is 2. The van der Waals surface area contributed by atoms with Gasteiger partial charge in [0.2, 0.25) is 0 Å². The third-order valence-electron chi connectivity index (χ3n) is 4.98. The standard InChI is InChI=1S/C21H25F3N4O2.HI/c22-21(23,24)30-19-4-2-1-3-18(19)27-20(25)26-13-15-5-7-17(8-6-15)28-11-9-16(14-29)10-12-28;/h1-8,16,29H,9-14H2,(H3,25,26,27);1H. The zero-order valence-corrected chi connectivity index (χ0v) is 19.1. The van der Waals surface area contributed by atoms with Gasteiger partial charge >= 0.3 is 6.36 Å². The van der Waals surface area contributed by atoms with Crippen molar-refractivity contribution in [3.05, 3.63) is 54.1 Å². The Balaban J connectivity index is 0.00000341. The first-order chi connectivity index (χ1) is 14.3. The molecule has 0 aliphatic carbocycles. The van der Waals surface area contributed by atoms with Crippen molar-refractivity contribution in [2.45, 2.75) is 25.7 Å². The fourth-order valence-corrected chi connectivity index (χ4v) is 3.32. The van der Waals surface area contributed by atoms with E-state index in [-0.39, 0.29) is 54.5 Å². The third kappa shape index (κ3) is 7.76. The Bertz CT molecular complexity index is 854. The Hall–Kier alpha value is -2.21. The molecule has 6 nitrogen and oxygen atoms in total. The van der Waals surface area contributed by atoms with Gasteiger partial charge in [0.1, 0.15) is 0 Å². The smallest absolute Gasteiger partial charge is 0.404 e. The quantitative estimate of drug-likeness (QED) is 0.283. The van der Waals surface area contributed by atoms with E-state index in [1.165, 1.54) is 18.2 Å². The summed E-state index contributed by atoms with van der Waals surface area (Å²) >= 11 is 0. The van der Waals surface area contributed by atoms with E-state index in [9.17, 15) is 18.3 Å². The van der Waals surface area contributed by atoms with Gasteiger partial charge in [-0.3, -0.25) is 0 Å². The fourth-order valence-electron chi connectivity index (χ4n) is 3.32. The Kier molecular flexibility index (Phi) is 9.23. The summed E-state index contributed by atoms with van der Waals surface area (Å²) in [6.45, 7) is 2.36. The zero-order valence-electron chi connectivity index (χ0n) is 16.8. The van der Waals surface area contributed by atoms with Gasteiger partial charge in [-0.05, 0) is 48.6 Å². The predicted octanol–water partition coefficient (Wildman–Crippen LogP) is 4.34. The van der Waals surface area contributed by atoms with Crippen LogP contribution in [-0.2, 0) is 6.54 Å². The van der Waals surface area contributed by atoms with Crippen LogP contribution in [-0.4, -0.2) is 37.1 Å². The van der Waals surface area contributed by atoms with Crippen molar-refractivity contribution in [3.8, 4) is 5.75 Å². The monoisotopic (exact) mass is 550 g/mol. The maximum atomic E-state index is 12.5. The number of aliphatic hydroxyl groups is 1. The average molecular weight is 550 g/mol. The lowest BCUT2D eigenvalue weighted by molar-refractivity contribution is -0.274. The molecule has 31 heavy (non-hydrogen) atoms. The van der Waals surface area contributed by atoms with E-state index >= 15 is 0 Å². The minimum Gasteiger partial charge on any atom is -0.404 e. The highest BCUT2D eigenvalue weighted by molar-refractivity contribution is 14.0. The molecule has 1 fully saturated rings. The van der Waals surface area contributed by atoms with Crippen LogP contribution in [0.2, 0.25) is 0 Å². The van der Waals surface area contributed by atoms with Crippen LogP contribution in [0.15, 0.2) is 53.5 Å². The van der Waals surface area contributed by atoms with E-state index in [2.05, 4.69) is 19.9 Å². The van der Waals surface area contributed by atoms with Crippen LogP contribution in [0.4, 0.5) is 24.5 Å². The number of para-hydroxylation sites is 2. The van der Waals surface area contributed by atoms with Crippen molar-refractivity contribution >= 4 is 41.3 Å². The van der Waals surface area contributed by atoms with Gasteiger partial charge < -0.3 is 25.8 Å². The molecule has 170 valence electrons. The molecule has 0 radical (unpaired) electrons. The molecule has 1 aliphatic heterocycles. The summed E-state index contributed by atoms with van der Waals surface area (Å²) in [4.78, 5) is 6.48. The Morgan fingerprint density at radius 1 is 1.13 bits per heavy atom. The molecular formula is C21H26F3IN4O2. The highest BCUT2D eigenvalue weighted by atomic mass is 127. The number of rotatable bonds is 6. The molecule has 1 aliphatic rings. The van der Waals surface area contributed by atoms with Crippen LogP contribution < -0.4 is 20.7 Å². The van der Waals surface area contributed by atoms with Crippen LogP contribution >= 0.6 is 24.0 Å². The zero-order chi connectivity index (χ0) is 21.6. The van der Waals surface area contributed by atoms with Crippen LogP contribution in [0.3, 0.4) is 0 Å². The molecule has 0 spiro atoms. The Morgan fingerprint density at radius 3 is 2.39 bits per heavy atom. The number of aliphatic imine (C=N–C) groups is 1. The second kappa shape index (κ2) is 11.4. The van der Waals surface area contributed by atoms with E-state index in [4.69, 9.17) is 5.73 Å². The number of benzene rings is 2. The van der Waals surface area contributed by atoms with E-state index in [0.717, 1.165) is 37.2 Å². The molecule has 0 bridgehead atoms. The van der Waals surface area contributed by atoms with Crippen LogP contribution in [0.1, 0.15) is 18.4 Å². The fraction of sp³-hybridized carbons (Fsp3) is 0.381. The van der Waals surface area contributed by atoms with Gasteiger partial charge in [0.25, 0.3) is 0 Å². The largest absolute Gasteiger partial charge is 0.573 e. The highest BCUT2D eigenvalue weighted by Crippen LogP contribution is 2.29. The summed E-state index contributed by atoms with van der Waals surface area (Å²) in [5.74, 6) is -0.00199. The summed E-state index contributed by atoms with van der Waals surface area (Å²) in [5.41, 5.74) is 7.95. The SMILES string of the molecule is I.NC(=NCc1ccc(N2CCC(CO)CC2)cc1)Nc1ccccc1OC(F)(F)F. The Labute approximate surface area is 196 Å².